The lowest BCUT2D eigenvalue weighted by Crippen LogP contribution is -2.40. The molecule has 0 bridgehead atoms. The summed E-state index contributed by atoms with van der Waals surface area (Å²) in [6, 6.07) is 14.6. The van der Waals surface area contributed by atoms with Crippen molar-refractivity contribution in [1.29, 1.82) is 0 Å². The highest BCUT2D eigenvalue weighted by Crippen LogP contribution is 2.53. The van der Waals surface area contributed by atoms with Crippen molar-refractivity contribution in [2.45, 2.75) is 66.0 Å². The van der Waals surface area contributed by atoms with E-state index >= 15 is 0 Å². The van der Waals surface area contributed by atoms with Crippen molar-refractivity contribution in [3.63, 3.8) is 0 Å². The molecule has 0 radical (unpaired) electrons. The number of esters is 1. The molecule has 2 aliphatic rings. The van der Waals surface area contributed by atoms with Crippen LogP contribution < -0.4 is 10.2 Å². The molecule has 2 aromatic carbocycles. The molecular weight excluding hydrogens is 528 g/mol. The summed E-state index contributed by atoms with van der Waals surface area (Å²) >= 11 is 0. The summed E-state index contributed by atoms with van der Waals surface area (Å²) in [4.78, 5) is 33.7. The summed E-state index contributed by atoms with van der Waals surface area (Å²) in [5.74, 6) is -0.691. The number of cyclic esters (lactones) is 1. The quantitative estimate of drug-likeness (QED) is 0.251. The summed E-state index contributed by atoms with van der Waals surface area (Å²) in [5.41, 5.74) is 5.21. The number of allylic oxidation sites excluding steroid dienone is 1. The number of aryl methyl sites for hydroxylation is 1. The van der Waals surface area contributed by atoms with E-state index in [2.05, 4.69) is 66.7 Å². The van der Waals surface area contributed by atoms with E-state index in [9.17, 15) is 9.59 Å². The number of amides is 1. The SMILES string of the molecule is CCCOC(=O)Nc1cc(N(CCC)CCC)ccc1C1(c2c(C)n(CC)c3ccccc23)N=CC=C2C(=O)OCC21. The van der Waals surface area contributed by atoms with Crippen LogP contribution in [0.5, 0.6) is 0 Å². The topological polar surface area (TPSA) is 85.2 Å². The van der Waals surface area contributed by atoms with Gasteiger partial charge in [-0.15, -0.1) is 0 Å². The van der Waals surface area contributed by atoms with Crippen LogP contribution >= 0.6 is 0 Å². The number of benzene rings is 2. The fourth-order valence-corrected chi connectivity index (χ4v) is 6.69. The minimum absolute atomic E-state index is 0.201. The largest absolute Gasteiger partial charge is 0.462 e. The maximum Gasteiger partial charge on any atom is 0.411 e. The molecule has 2 atom stereocenters. The Kier molecular flexibility index (Phi) is 8.71. The van der Waals surface area contributed by atoms with Gasteiger partial charge in [-0.25, -0.2) is 9.59 Å². The van der Waals surface area contributed by atoms with Crippen LogP contribution in [0.2, 0.25) is 0 Å². The molecule has 0 aliphatic carbocycles. The number of hydrogen-bond donors (Lipinski definition) is 1. The summed E-state index contributed by atoms with van der Waals surface area (Å²) < 4.78 is 13.5. The number of carbonyl (C=O) groups is 2. The lowest BCUT2D eigenvalue weighted by Gasteiger charge is -2.39. The van der Waals surface area contributed by atoms with Crippen LogP contribution in [0, 0.1) is 12.8 Å². The number of nitrogens with one attached hydrogen (secondary N) is 1. The zero-order valence-corrected chi connectivity index (χ0v) is 25.4. The number of anilines is 2. The van der Waals surface area contributed by atoms with Crippen molar-refractivity contribution in [3.8, 4) is 0 Å². The first-order valence-electron chi connectivity index (χ1n) is 15.2. The highest BCUT2D eigenvalue weighted by Gasteiger charge is 2.53. The third kappa shape index (κ3) is 4.97. The highest BCUT2D eigenvalue weighted by atomic mass is 16.5. The van der Waals surface area contributed by atoms with Crippen molar-refractivity contribution in [2.75, 3.05) is 36.5 Å². The molecular formula is C34H42N4O4. The molecule has 5 rings (SSSR count). The van der Waals surface area contributed by atoms with Crippen LogP contribution in [-0.2, 0) is 26.4 Å². The van der Waals surface area contributed by atoms with Crippen LogP contribution in [-0.4, -0.2) is 49.1 Å². The Balaban J connectivity index is 1.81. The lowest BCUT2D eigenvalue weighted by molar-refractivity contribution is -0.135. The molecule has 3 heterocycles. The van der Waals surface area contributed by atoms with Crippen molar-refractivity contribution < 1.29 is 19.1 Å². The first kappa shape index (κ1) is 29.4. The zero-order valence-electron chi connectivity index (χ0n) is 25.4. The Hall–Kier alpha value is -4.07. The second-order valence-electron chi connectivity index (χ2n) is 11.0. The molecule has 222 valence electrons. The Morgan fingerprint density at radius 1 is 1.12 bits per heavy atom. The van der Waals surface area contributed by atoms with E-state index in [0.717, 1.165) is 72.3 Å². The van der Waals surface area contributed by atoms with Gasteiger partial charge in [0, 0.05) is 64.8 Å². The number of fused-ring (bicyclic) bond motifs is 2. The fraction of sp³-hybridized carbons (Fsp3) is 0.441. The normalized spacial score (nSPS) is 19.4. The van der Waals surface area contributed by atoms with Crippen molar-refractivity contribution >= 4 is 40.6 Å². The van der Waals surface area contributed by atoms with Crippen LogP contribution in [0.4, 0.5) is 16.2 Å². The highest BCUT2D eigenvalue weighted by molar-refractivity contribution is 5.99. The van der Waals surface area contributed by atoms with Crippen LogP contribution in [0.3, 0.4) is 0 Å². The Bertz CT molecular complexity index is 1530. The average Bonchev–Trinajstić information content (AvgIpc) is 3.52. The molecule has 1 N–H and O–H groups in total. The third-order valence-electron chi connectivity index (χ3n) is 8.40. The monoisotopic (exact) mass is 570 g/mol. The van der Waals surface area contributed by atoms with Gasteiger partial charge < -0.3 is 18.9 Å². The number of dihydropyridines is 1. The zero-order chi connectivity index (χ0) is 29.9. The maximum absolute atomic E-state index is 13.1. The van der Waals surface area contributed by atoms with Gasteiger partial charge in [0.05, 0.1) is 18.2 Å². The van der Waals surface area contributed by atoms with Crippen LogP contribution in [0.25, 0.3) is 10.9 Å². The Labute approximate surface area is 248 Å². The number of aromatic nitrogens is 1. The van der Waals surface area contributed by atoms with E-state index in [4.69, 9.17) is 14.5 Å². The molecule has 2 unspecified atom stereocenters. The van der Waals surface area contributed by atoms with Gasteiger partial charge in [0.1, 0.15) is 12.1 Å². The summed E-state index contributed by atoms with van der Waals surface area (Å²) in [6.07, 6.45) is 5.72. The second kappa shape index (κ2) is 12.4. The van der Waals surface area contributed by atoms with E-state index in [-0.39, 0.29) is 18.5 Å². The molecule has 3 aromatic rings. The molecule has 0 saturated carbocycles. The Morgan fingerprint density at radius 2 is 1.88 bits per heavy atom. The third-order valence-corrected chi connectivity index (χ3v) is 8.40. The number of para-hydroxylation sites is 1. The second-order valence-corrected chi connectivity index (χ2v) is 11.0. The summed E-state index contributed by atoms with van der Waals surface area (Å²) in [6.45, 7) is 13.7. The van der Waals surface area contributed by atoms with Gasteiger partial charge in [0.15, 0.2) is 0 Å². The van der Waals surface area contributed by atoms with Gasteiger partial charge in [-0.2, -0.15) is 0 Å². The number of carbonyl (C=O) groups excluding carboxylic acids is 2. The number of rotatable bonds is 11. The summed E-state index contributed by atoms with van der Waals surface area (Å²) in [7, 11) is 0. The number of nitrogens with zero attached hydrogens (tertiary/aromatic N) is 3. The minimum atomic E-state index is -1.02. The van der Waals surface area contributed by atoms with Crippen molar-refractivity contribution in [2.24, 2.45) is 10.9 Å². The predicted octanol–water partition coefficient (Wildman–Crippen LogP) is 6.98. The average molecular weight is 571 g/mol. The predicted molar refractivity (Wildman–Crippen MR) is 169 cm³/mol. The van der Waals surface area contributed by atoms with E-state index in [1.54, 1.807) is 12.3 Å². The molecule has 1 aromatic heterocycles. The van der Waals surface area contributed by atoms with Crippen LogP contribution in [0.1, 0.15) is 63.8 Å². The number of hydrogen-bond acceptors (Lipinski definition) is 6. The molecule has 8 nitrogen and oxygen atoms in total. The van der Waals surface area contributed by atoms with Gasteiger partial charge in [-0.1, -0.05) is 45.0 Å². The number of aliphatic imine (C=N–C) groups is 1. The molecule has 1 fully saturated rings. The van der Waals surface area contributed by atoms with Gasteiger partial charge in [-0.3, -0.25) is 10.3 Å². The molecule has 2 aliphatic heterocycles. The summed E-state index contributed by atoms with van der Waals surface area (Å²) in [5, 5.41) is 4.15. The molecule has 42 heavy (non-hydrogen) atoms. The molecule has 8 heteroatoms. The van der Waals surface area contributed by atoms with Crippen LogP contribution in [0.15, 0.2) is 59.1 Å². The molecule has 1 saturated heterocycles. The fourth-order valence-electron chi connectivity index (χ4n) is 6.69. The van der Waals surface area contributed by atoms with Gasteiger partial charge in [0.2, 0.25) is 0 Å². The minimum Gasteiger partial charge on any atom is -0.462 e. The van der Waals surface area contributed by atoms with Gasteiger partial charge in [0.25, 0.3) is 0 Å². The molecule has 0 spiro atoms. The van der Waals surface area contributed by atoms with Gasteiger partial charge >= 0.3 is 12.1 Å². The van der Waals surface area contributed by atoms with Gasteiger partial charge in [-0.05, 0) is 57.4 Å². The van der Waals surface area contributed by atoms with E-state index in [1.807, 2.05) is 25.1 Å². The molecule has 1 amide bonds. The maximum atomic E-state index is 13.1. The number of ether oxygens (including phenoxy) is 2. The Morgan fingerprint density at radius 3 is 2.60 bits per heavy atom. The van der Waals surface area contributed by atoms with Crippen molar-refractivity contribution in [1.82, 2.24) is 4.57 Å². The van der Waals surface area contributed by atoms with Crippen molar-refractivity contribution in [3.05, 3.63) is 70.9 Å². The standard InChI is InChI=1S/C34H42N4O4/c1-6-18-37(19-7-2)24-14-15-27(29(21-24)36-33(40)41-20-8-3)34(28-22-42-32(39)25(28)16-17-35-34)31-23(5)38(9-4)30-13-11-10-12-26(30)31/h10-17,21,28H,6-9,18-20,22H2,1-5H3,(H,36,40). The van der Waals surface area contributed by atoms with E-state index in [0.29, 0.717) is 17.9 Å². The first-order chi connectivity index (χ1) is 20.4. The lowest BCUT2D eigenvalue weighted by atomic mass is 9.68. The van der Waals surface area contributed by atoms with E-state index in [1.165, 1.54) is 0 Å². The first-order valence-corrected chi connectivity index (χ1v) is 15.2. The van der Waals surface area contributed by atoms with E-state index < -0.39 is 11.6 Å². The smallest absolute Gasteiger partial charge is 0.411 e.